The molecule has 0 radical (unpaired) electrons. The zero-order valence-electron chi connectivity index (χ0n) is 12.0. The first kappa shape index (κ1) is 14.7. The summed E-state index contributed by atoms with van der Waals surface area (Å²) in [5.41, 5.74) is 2.73. The minimum absolute atomic E-state index is 0.0456. The highest BCUT2D eigenvalue weighted by Gasteiger charge is 2.08. The topological polar surface area (TPSA) is 71.1 Å². The third kappa shape index (κ3) is 4.14. The van der Waals surface area contributed by atoms with E-state index in [9.17, 15) is 9.59 Å². The Labute approximate surface area is 123 Å². The number of carbonyl (C=O) groups excluding carboxylic acids is 2. The molecule has 0 atom stereocenters. The maximum absolute atomic E-state index is 12.0. The molecule has 0 saturated carbocycles. The molecule has 0 unspecified atom stereocenters. The molecule has 2 N–H and O–H groups in total. The molecular weight excluding hydrogens is 266 g/mol. The number of benzene rings is 1. The van der Waals surface area contributed by atoms with Gasteiger partial charge in [0.1, 0.15) is 5.69 Å². The van der Waals surface area contributed by atoms with Gasteiger partial charge in [0.25, 0.3) is 5.91 Å². The summed E-state index contributed by atoms with van der Waals surface area (Å²) in [5.74, 6) is -0.298. The predicted molar refractivity (Wildman–Crippen MR) is 81.1 cm³/mol. The van der Waals surface area contributed by atoms with Gasteiger partial charge >= 0.3 is 0 Å². The molecule has 5 nitrogen and oxygen atoms in total. The van der Waals surface area contributed by atoms with Crippen molar-refractivity contribution < 1.29 is 9.59 Å². The molecule has 1 aromatic heterocycles. The first-order valence-corrected chi connectivity index (χ1v) is 6.63. The second kappa shape index (κ2) is 6.65. The van der Waals surface area contributed by atoms with Crippen molar-refractivity contribution in [3.8, 4) is 0 Å². The Morgan fingerprint density at radius 3 is 2.43 bits per heavy atom. The third-order valence-corrected chi connectivity index (χ3v) is 2.98. The molecule has 0 spiro atoms. The molecule has 0 fully saturated rings. The van der Waals surface area contributed by atoms with E-state index in [1.807, 2.05) is 25.1 Å². The Hall–Kier alpha value is -2.69. The van der Waals surface area contributed by atoms with Crippen LogP contribution in [-0.2, 0) is 11.2 Å². The highest BCUT2D eigenvalue weighted by Crippen LogP contribution is 2.11. The Bertz CT molecular complexity index is 651. The van der Waals surface area contributed by atoms with Crippen LogP contribution in [0, 0.1) is 6.92 Å². The van der Waals surface area contributed by atoms with Crippen LogP contribution in [0.2, 0.25) is 0 Å². The molecule has 21 heavy (non-hydrogen) atoms. The van der Waals surface area contributed by atoms with Crippen LogP contribution in [0.3, 0.4) is 0 Å². The van der Waals surface area contributed by atoms with Gasteiger partial charge in [-0.15, -0.1) is 0 Å². The maximum atomic E-state index is 12.0. The number of nitrogens with zero attached hydrogens (tertiary/aromatic N) is 1. The van der Waals surface area contributed by atoms with E-state index in [4.69, 9.17) is 0 Å². The SMILES string of the molecule is CNC(=O)Cc1ccc(NC(=O)c2cccc(C)n2)cc1. The van der Waals surface area contributed by atoms with E-state index in [1.165, 1.54) is 0 Å². The predicted octanol–water partition coefficient (Wildman–Crippen LogP) is 1.93. The van der Waals surface area contributed by atoms with Crippen molar-refractivity contribution in [1.82, 2.24) is 10.3 Å². The average molecular weight is 283 g/mol. The lowest BCUT2D eigenvalue weighted by atomic mass is 10.1. The molecule has 108 valence electrons. The number of pyridine rings is 1. The van der Waals surface area contributed by atoms with Crippen LogP contribution < -0.4 is 10.6 Å². The fraction of sp³-hybridized carbons (Fsp3) is 0.188. The van der Waals surface area contributed by atoms with Gasteiger partial charge in [-0.05, 0) is 36.8 Å². The maximum Gasteiger partial charge on any atom is 0.274 e. The van der Waals surface area contributed by atoms with E-state index in [-0.39, 0.29) is 11.8 Å². The van der Waals surface area contributed by atoms with E-state index in [2.05, 4.69) is 15.6 Å². The van der Waals surface area contributed by atoms with Gasteiger partial charge in [0, 0.05) is 18.4 Å². The van der Waals surface area contributed by atoms with Crippen LogP contribution in [0.5, 0.6) is 0 Å². The van der Waals surface area contributed by atoms with E-state index >= 15 is 0 Å². The normalized spacial score (nSPS) is 10.0. The lowest BCUT2D eigenvalue weighted by molar-refractivity contribution is -0.119. The van der Waals surface area contributed by atoms with E-state index in [0.29, 0.717) is 17.8 Å². The summed E-state index contributed by atoms with van der Waals surface area (Å²) in [4.78, 5) is 27.5. The van der Waals surface area contributed by atoms with Gasteiger partial charge < -0.3 is 10.6 Å². The Balaban J connectivity index is 2.03. The van der Waals surface area contributed by atoms with Crippen molar-refractivity contribution in [3.05, 3.63) is 59.4 Å². The standard InChI is InChI=1S/C16H17N3O2/c1-11-4-3-5-14(18-11)16(21)19-13-8-6-12(7-9-13)10-15(20)17-2/h3-9H,10H2,1-2H3,(H,17,20)(H,19,21). The lowest BCUT2D eigenvalue weighted by Crippen LogP contribution is -2.19. The van der Waals surface area contributed by atoms with Crippen LogP contribution in [0.15, 0.2) is 42.5 Å². The molecule has 2 amide bonds. The summed E-state index contributed by atoms with van der Waals surface area (Å²) in [7, 11) is 1.60. The Morgan fingerprint density at radius 2 is 1.81 bits per heavy atom. The first-order chi connectivity index (χ1) is 10.1. The van der Waals surface area contributed by atoms with Crippen molar-refractivity contribution in [1.29, 1.82) is 0 Å². The largest absolute Gasteiger partial charge is 0.359 e. The molecule has 0 aliphatic heterocycles. The van der Waals surface area contributed by atoms with Crippen molar-refractivity contribution in [2.45, 2.75) is 13.3 Å². The summed E-state index contributed by atoms with van der Waals surface area (Å²) in [6, 6.07) is 12.5. The van der Waals surface area contributed by atoms with E-state index < -0.39 is 0 Å². The summed E-state index contributed by atoms with van der Waals surface area (Å²) < 4.78 is 0. The molecule has 1 aromatic carbocycles. The van der Waals surface area contributed by atoms with Crippen molar-refractivity contribution >= 4 is 17.5 Å². The second-order valence-electron chi connectivity index (χ2n) is 4.67. The molecular formula is C16H17N3O2. The number of hydrogen-bond acceptors (Lipinski definition) is 3. The first-order valence-electron chi connectivity index (χ1n) is 6.63. The van der Waals surface area contributed by atoms with Gasteiger partial charge in [-0.3, -0.25) is 9.59 Å². The number of likely N-dealkylation sites (N-methyl/N-ethyl adjacent to an activating group) is 1. The smallest absolute Gasteiger partial charge is 0.274 e. The highest BCUT2D eigenvalue weighted by molar-refractivity contribution is 6.02. The van der Waals surface area contributed by atoms with Crippen molar-refractivity contribution in [2.75, 3.05) is 12.4 Å². The minimum atomic E-state index is -0.252. The number of amides is 2. The summed E-state index contributed by atoms with van der Waals surface area (Å²) in [6.45, 7) is 1.84. The molecule has 5 heteroatoms. The number of aryl methyl sites for hydroxylation is 1. The van der Waals surface area contributed by atoms with Crippen LogP contribution in [-0.4, -0.2) is 23.8 Å². The fourth-order valence-electron chi connectivity index (χ4n) is 1.84. The number of carbonyl (C=O) groups is 2. The Morgan fingerprint density at radius 1 is 1.10 bits per heavy atom. The number of nitrogens with one attached hydrogen (secondary N) is 2. The number of rotatable bonds is 4. The highest BCUT2D eigenvalue weighted by atomic mass is 16.2. The third-order valence-electron chi connectivity index (χ3n) is 2.98. The molecule has 0 aliphatic rings. The van der Waals surface area contributed by atoms with Gasteiger partial charge in [0.15, 0.2) is 0 Å². The quantitative estimate of drug-likeness (QED) is 0.900. The Kier molecular flexibility index (Phi) is 4.66. The summed E-state index contributed by atoms with van der Waals surface area (Å²) in [6.07, 6.45) is 0.324. The second-order valence-corrected chi connectivity index (χ2v) is 4.67. The van der Waals surface area contributed by atoms with Crippen LogP contribution in [0.25, 0.3) is 0 Å². The lowest BCUT2D eigenvalue weighted by Gasteiger charge is -2.06. The van der Waals surface area contributed by atoms with Crippen molar-refractivity contribution in [2.24, 2.45) is 0 Å². The molecule has 1 heterocycles. The monoisotopic (exact) mass is 283 g/mol. The van der Waals surface area contributed by atoms with Crippen LogP contribution in [0.1, 0.15) is 21.7 Å². The number of hydrogen-bond donors (Lipinski definition) is 2. The average Bonchev–Trinajstić information content (AvgIpc) is 2.49. The van der Waals surface area contributed by atoms with Gasteiger partial charge in [0.2, 0.25) is 5.91 Å². The summed E-state index contributed by atoms with van der Waals surface area (Å²) >= 11 is 0. The molecule has 2 rings (SSSR count). The number of aromatic nitrogens is 1. The van der Waals surface area contributed by atoms with Crippen LogP contribution >= 0.6 is 0 Å². The van der Waals surface area contributed by atoms with Gasteiger partial charge in [-0.1, -0.05) is 18.2 Å². The van der Waals surface area contributed by atoms with Gasteiger partial charge in [-0.25, -0.2) is 4.98 Å². The zero-order chi connectivity index (χ0) is 15.2. The molecule has 0 saturated heterocycles. The fourth-order valence-corrected chi connectivity index (χ4v) is 1.84. The molecule has 0 bridgehead atoms. The van der Waals surface area contributed by atoms with E-state index in [1.54, 1.807) is 31.3 Å². The zero-order valence-corrected chi connectivity index (χ0v) is 12.0. The van der Waals surface area contributed by atoms with Gasteiger partial charge in [0.05, 0.1) is 6.42 Å². The minimum Gasteiger partial charge on any atom is -0.359 e. The van der Waals surface area contributed by atoms with Crippen molar-refractivity contribution in [3.63, 3.8) is 0 Å². The van der Waals surface area contributed by atoms with E-state index in [0.717, 1.165) is 11.3 Å². The summed E-state index contributed by atoms with van der Waals surface area (Å²) in [5, 5.41) is 5.35. The molecule has 2 aromatic rings. The van der Waals surface area contributed by atoms with Crippen LogP contribution in [0.4, 0.5) is 5.69 Å². The molecule has 0 aliphatic carbocycles. The van der Waals surface area contributed by atoms with Gasteiger partial charge in [-0.2, -0.15) is 0 Å². The number of anilines is 1.